The first-order valence-corrected chi connectivity index (χ1v) is 10.5. The molecule has 0 spiro atoms. The number of methoxy groups -OCH3 is 1. The van der Waals surface area contributed by atoms with Crippen LogP contribution in [0.2, 0.25) is 0 Å². The van der Waals surface area contributed by atoms with Crippen LogP contribution in [0.25, 0.3) is 32.9 Å². The minimum atomic E-state index is -3.94. The van der Waals surface area contributed by atoms with Gasteiger partial charge in [0.15, 0.2) is 0 Å². The van der Waals surface area contributed by atoms with Crippen LogP contribution in [0.3, 0.4) is 0 Å². The second kappa shape index (κ2) is 6.64. The fraction of sp³-hybridized carbons (Fsp3) is 0.0455. The van der Waals surface area contributed by atoms with E-state index in [4.69, 9.17) is 13.6 Å². The number of hydrogen-bond acceptors (Lipinski definition) is 6. The van der Waals surface area contributed by atoms with E-state index in [1.165, 1.54) is 37.4 Å². The molecule has 0 bridgehead atoms. The molecule has 0 unspecified atom stereocenters. The fourth-order valence-electron chi connectivity index (χ4n) is 3.42. The van der Waals surface area contributed by atoms with E-state index in [1.807, 2.05) is 24.3 Å². The van der Waals surface area contributed by atoms with Crippen molar-refractivity contribution in [3.8, 4) is 5.75 Å². The van der Waals surface area contributed by atoms with Crippen molar-refractivity contribution in [1.29, 1.82) is 0 Å². The maximum atomic E-state index is 13.0. The molecule has 0 amide bonds. The highest BCUT2D eigenvalue weighted by molar-refractivity contribution is 7.92. The van der Waals surface area contributed by atoms with Crippen LogP contribution in [-0.2, 0) is 10.0 Å². The summed E-state index contributed by atoms with van der Waals surface area (Å²) in [5.74, 6) is 0.365. The third kappa shape index (κ3) is 2.98. The Morgan fingerprint density at radius 2 is 1.67 bits per heavy atom. The standard InChI is InChI=1S/C22H15NO6S/c1-27-21-11-16-15-4-2-3-5-19(15)28-20(16)12-17(21)23-30(25,26)14-7-8-18-13(10-14)6-9-22(24)29-18/h2-12,23H,1H3. The molecule has 0 fully saturated rings. The largest absolute Gasteiger partial charge is 0.495 e. The maximum Gasteiger partial charge on any atom is 0.336 e. The summed E-state index contributed by atoms with van der Waals surface area (Å²) in [6.45, 7) is 0. The highest BCUT2D eigenvalue weighted by Gasteiger charge is 2.19. The Hall–Kier alpha value is -3.78. The molecule has 3 aromatic carbocycles. The van der Waals surface area contributed by atoms with E-state index in [1.54, 1.807) is 12.1 Å². The molecular formula is C22H15NO6S. The van der Waals surface area contributed by atoms with Crippen LogP contribution in [0.15, 0.2) is 85.3 Å². The van der Waals surface area contributed by atoms with Gasteiger partial charge in [0.25, 0.3) is 10.0 Å². The van der Waals surface area contributed by atoms with Gasteiger partial charge in [-0.3, -0.25) is 4.72 Å². The quantitative estimate of drug-likeness (QED) is 0.429. The molecule has 8 heteroatoms. The predicted molar refractivity (Wildman–Crippen MR) is 114 cm³/mol. The Labute approximate surface area is 170 Å². The van der Waals surface area contributed by atoms with Crippen molar-refractivity contribution in [3.63, 3.8) is 0 Å². The third-order valence-corrected chi connectivity index (χ3v) is 6.21. The van der Waals surface area contributed by atoms with Crippen LogP contribution < -0.4 is 15.1 Å². The van der Waals surface area contributed by atoms with Gasteiger partial charge in [-0.2, -0.15) is 0 Å². The second-order valence-corrected chi connectivity index (χ2v) is 8.39. The number of rotatable bonds is 4. The average Bonchev–Trinajstić information content (AvgIpc) is 3.09. The number of anilines is 1. The smallest absolute Gasteiger partial charge is 0.336 e. The number of sulfonamides is 1. The molecular weight excluding hydrogens is 406 g/mol. The van der Waals surface area contributed by atoms with E-state index in [2.05, 4.69) is 4.72 Å². The lowest BCUT2D eigenvalue weighted by atomic mass is 10.1. The molecule has 150 valence electrons. The number of ether oxygens (including phenoxy) is 1. The molecule has 0 radical (unpaired) electrons. The number of furan rings is 1. The molecule has 1 N–H and O–H groups in total. The summed E-state index contributed by atoms with van der Waals surface area (Å²) < 4.78 is 44.9. The van der Waals surface area contributed by atoms with Crippen molar-refractivity contribution in [2.45, 2.75) is 4.90 Å². The van der Waals surface area contributed by atoms with Crippen LogP contribution in [-0.4, -0.2) is 15.5 Å². The summed E-state index contributed by atoms with van der Waals surface area (Å²) >= 11 is 0. The summed E-state index contributed by atoms with van der Waals surface area (Å²) in [5, 5.41) is 2.24. The summed E-state index contributed by atoms with van der Waals surface area (Å²) in [6.07, 6.45) is 0. The Morgan fingerprint density at radius 3 is 2.50 bits per heavy atom. The fourth-order valence-corrected chi connectivity index (χ4v) is 4.52. The van der Waals surface area contributed by atoms with Gasteiger partial charge in [-0.25, -0.2) is 13.2 Å². The van der Waals surface area contributed by atoms with Crippen LogP contribution in [0.5, 0.6) is 5.75 Å². The molecule has 0 saturated carbocycles. The summed E-state index contributed by atoms with van der Waals surface area (Å²) in [5.41, 5.74) is 1.30. The molecule has 0 aliphatic heterocycles. The average molecular weight is 421 g/mol. The van der Waals surface area contributed by atoms with Crippen LogP contribution >= 0.6 is 0 Å². The Balaban J connectivity index is 1.60. The molecule has 0 saturated heterocycles. The van der Waals surface area contributed by atoms with Gasteiger partial charge in [0, 0.05) is 28.3 Å². The first-order valence-electron chi connectivity index (χ1n) is 9.01. The first kappa shape index (κ1) is 18.3. The molecule has 5 rings (SSSR count). The summed E-state index contributed by atoms with van der Waals surface area (Å²) in [4.78, 5) is 11.4. The monoisotopic (exact) mass is 421 g/mol. The Bertz CT molecular complexity index is 1600. The molecule has 0 aliphatic carbocycles. The molecule has 2 heterocycles. The Morgan fingerprint density at radius 1 is 0.833 bits per heavy atom. The van der Waals surface area contributed by atoms with Gasteiger partial charge in [-0.1, -0.05) is 18.2 Å². The molecule has 0 atom stereocenters. The van der Waals surface area contributed by atoms with Crippen molar-refractivity contribution < 1.29 is 22.0 Å². The molecule has 5 aromatic rings. The topological polar surface area (TPSA) is 98.7 Å². The normalized spacial score (nSPS) is 11.9. The van der Waals surface area contributed by atoms with Gasteiger partial charge in [-0.15, -0.1) is 0 Å². The SMILES string of the molecule is COc1cc2c(cc1NS(=O)(=O)c1ccc3oc(=O)ccc3c1)oc1ccccc12. The highest BCUT2D eigenvalue weighted by atomic mass is 32.2. The first-order chi connectivity index (χ1) is 14.4. The van der Waals surface area contributed by atoms with E-state index < -0.39 is 15.6 Å². The van der Waals surface area contributed by atoms with E-state index in [-0.39, 0.29) is 10.6 Å². The zero-order valence-electron chi connectivity index (χ0n) is 15.7. The summed E-state index contributed by atoms with van der Waals surface area (Å²) in [7, 11) is -2.47. The zero-order chi connectivity index (χ0) is 20.9. The number of para-hydroxylation sites is 1. The number of benzene rings is 3. The minimum Gasteiger partial charge on any atom is -0.495 e. The van der Waals surface area contributed by atoms with E-state index in [0.29, 0.717) is 27.9 Å². The molecule has 2 aromatic heterocycles. The second-order valence-electron chi connectivity index (χ2n) is 6.71. The van der Waals surface area contributed by atoms with Crippen molar-refractivity contribution in [2.24, 2.45) is 0 Å². The lowest BCUT2D eigenvalue weighted by molar-refractivity contribution is 0.417. The van der Waals surface area contributed by atoms with Crippen molar-refractivity contribution in [1.82, 2.24) is 0 Å². The van der Waals surface area contributed by atoms with E-state index in [0.717, 1.165) is 10.8 Å². The van der Waals surface area contributed by atoms with E-state index in [9.17, 15) is 13.2 Å². The molecule has 7 nitrogen and oxygen atoms in total. The zero-order valence-corrected chi connectivity index (χ0v) is 16.5. The predicted octanol–water partition coefficient (Wildman–Crippen LogP) is 4.50. The van der Waals surface area contributed by atoms with Gasteiger partial charge < -0.3 is 13.6 Å². The van der Waals surface area contributed by atoms with E-state index >= 15 is 0 Å². The lowest BCUT2D eigenvalue weighted by Gasteiger charge is -2.12. The van der Waals surface area contributed by atoms with Gasteiger partial charge in [0.2, 0.25) is 0 Å². The minimum absolute atomic E-state index is 0.0237. The lowest BCUT2D eigenvalue weighted by Crippen LogP contribution is -2.13. The highest BCUT2D eigenvalue weighted by Crippen LogP contribution is 2.37. The van der Waals surface area contributed by atoms with Gasteiger partial charge in [0.1, 0.15) is 22.5 Å². The maximum absolute atomic E-state index is 13.0. The van der Waals surface area contributed by atoms with Gasteiger partial charge >= 0.3 is 5.63 Å². The van der Waals surface area contributed by atoms with Crippen LogP contribution in [0.1, 0.15) is 0 Å². The van der Waals surface area contributed by atoms with Gasteiger partial charge in [0.05, 0.1) is 17.7 Å². The number of nitrogens with one attached hydrogen (secondary N) is 1. The number of fused-ring (bicyclic) bond motifs is 4. The third-order valence-electron chi connectivity index (χ3n) is 4.84. The van der Waals surface area contributed by atoms with Crippen molar-refractivity contribution in [2.75, 3.05) is 11.8 Å². The molecule has 30 heavy (non-hydrogen) atoms. The van der Waals surface area contributed by atoms with Gasteiger partial charge in [-0.05, 0) is 36.4 Å². The molecule has 0 aliphatic rings. The van der Waals surface area contributed by atoms with Crippen molar-refractivity contribution in [3.05, 3.63) is 77.2 Å². The Kier molecular flexibility index (Phi) is 4.04. The van der Waals surface area contributed by atoms with Crippen LogP contribution in [0.4, 0.5) is 5.69 Å². The summed E-state index contributed by atoms with van der Waals surface area (Å²) in [6, 6.07) is 17.9. The van der Waals surface area contributed by atoms with Crippen molar-refractivity contribution >= 4 is 48.6 Å². The number of hydrogen-bond donors (Lipinski definition) is 1. The van der Waals surface area contributed by atoms with Crippen LogP contribution in [0, 0.1) is 0 Å².